The Kier molecular flexibility index (Phi) is 3.33. The predicted octanol–water partition coefficient (Wildman–Crippen LogP) is 4.38. The molecule has 0 aliphatic heterocycles. The number of rotatable bonds is 3. The number of hydrogen-bond acceptors (Lipinski definition) is 3. The van der Waals surface area contributed by atoms with Crippen molar-refractivity contribution < 1.29 is 17.9 Å². The maximum absolute atomic E-state index is 12.3. The summed E-state index contributed by atoms with van der Waals surface area (Å²) in [5.41, 5.74) is 3.02. The highest BCUT2D eigenvalue weighted by molar-refractivity contribution is 5.67. The molecule has 0 radical (unpaired) electrons. The van der Waals surface area contributed by atoms with Gasteiger partial charge >= 0.3 is 6.36 Å². The molecule has 24 heavy (non-hydrogen) atoms. The lowest BCUT2D eigenvalue weighted by atomic mass is 9.92. The van der Waals surface area contributed by atoms with Crippen molar-refractivity contribution in [1.29, 1.82) is 0 Å². The lowest BCUT2D eigenvalue weighted by Gasteiger charge is -2.19. The highest BCUT2D eigenvalue weighted by Crippen LogP contribution is 2.54. The lowest BCUT2D eigenvalue weighted by molar-refractivity contribution is -0.274. The van der Waals surface area contributed by atoms with Gasteiger partial charge in [0.15, 0.2) is 0 Å². The van der Waals surface area contributed by atoms with Crippen LogP contribution < -0.4 is 15.6 Å². The standard InChI is InChI=1S/C17H15F3N2O2/c18-17(19,20)24-12-3-1-2-11(7-12)22-13-8-21-16(23)15-10-5-4-9(6-10)14(13)15/h1-3,7-10,22H,4-6H2,(H,21,23). The number of anilines is 2. The van der Waals surface area contributed by atoms with Gasteiger partial charge in [0.05, 0.1) is 5.69 Å². The summed E-state index contributed by atoms with van der Waals surface area (Å²) in [7, 11) is 0. The molecule has 1 fully saturated rings. The topological polar surface area (TPSA) is 54.1 Å². The number of benzene rings is 1. The maximum Gasteiger partial charge on any atom is 0.573 e. The fraction of sp³-hybridized carbons (Fsp3) is 0.353. The molecule has 2 N–H and O–H groups in total. The van der Waals surface area contributed by atoms with Gasteiger partial charge in [0.25, 0.3) is 5.56 Å². The number of nitrogens with one attached hydrogen (secondary N) is 2. The third kappa shape index (κ3) is 2.64. The minimum absolute atomic E-state index is 0.0584. The van der Waals surface area contributed by atoms with Crippen molar-refractivity contribution in [3.05, 3.63) is 51.9 Å². The number of H-pyrrole nitrogens is 1. The number of aromatic amines is 1. The van der Waals surface area contributed by atoms with Gasteiger partial charge in [0.2, 0.25) is 0 Å². The van der Waals surface area contributed by atoms with Crippen LogP contribution >= 0.6 is 0 Å². The average Bonchev–Trinajstić information content (AvgIpc) is 3.10. The van der Waals surface area contributed by atoms with Gasteiger partial charge in [-0.25, -0.2) is 0 Å². The summed E-state index contributed by atoms with van der Waals surface area (Å²) in [5.74, 6) is 0.370. The van der Waals surface area contributed by atoms with E-state index in [1.54, 1.807) is 12.3 Å². The van der Waals surface area contributed by atoms with E-state index in [2.05, 4.69) is 15.0 Å². The van der Waals surface area contributed by atoms with E-state index in [1.807, 2.05) is 0 Å². The molecule has 2 aliphatic rings. The van der Waals surface area contributed by atoms with Gasteiger partial charge in [-0.2, -0.15) is 0 Å². The van der Waals surface area contributed by atoms with E-state index in [4.69, 9.17) is 0 Å². The Morgan fingerprint density at radius 1 is 1.17 bits per heavy atom. The molecule has 0 spiro atoms. The Labute approximate surface area is 135 Å². The summed E-state index contributed by atoms with van der Waals surface area (Å²) in [6, 6.07) is 5.69. The van der Waals surface area contributed by atoms with Crippen LogP contribution in [0, 0.1) is 0 Å². The molecule has 1 aromatic heterocycles. The lowest BCUT2D eigenvalue weighted by Crippen LogP contribution is -2.18. The minimum atomic E-state index is -4.73. The molecule has 2 bridgehead atoms. The molecule has 2 aliphatic carbocycles. The molecule has 1 aromatic carbocycles. The van der Waals surface area contributed by atoms with E-state index in [-0.39, 0.29) is 11.3 Å². The van der Waals surface area contributed by atoms with E-state index in [1.165, 1.54) is 18.2 Å². The molecule has 0 saturated heterocycles. The highest BCUT2D eigenvalue weighted by atomic mass is 19.4. The Morgan fingerprint density at radius 3 is 2.67 bits per heavy atom. The number of fused-ring (bicyclic) bond motifs is 5. The van der Waals surface area contributed by atoms with Crippen molar-refractivity contribution in [2.45, 2.75) is 37.5 Å². The van der Waals surface area contributed by atoms with Crippen molar-refractivity contribution in [3.8, 4) is 5.75 Å². The van der Waals surface area contributed by atoms with Crippen molar-refractivity contribution in [3.63, 3.8) is 0 Å². The van der Waals surface area contributed by atoms with Crippen LogP contribution in [0.1, 0.15) is 42.2 Å². The van der Waals surface area contributed by atoms with Gasteiger partial charge in [0, 0.05) is 23.5 Å². The molecule has 0 amide bonds. The molecule has 1 heterocycles. The Bertz CT molecular complexity index is 844. The van der Waals surface area contributed by atoms with Crippen LogP contribution in [0.3, 0.4) is 0 Å². The Morgan fingerprint density at radius 2 is 1.92 bits per heavy atom. The molecule has 2 atom stereocenters. The summed E-state index contributed by atoms with van der Waals surface area (Å²) >= 11 is 0. The molecular formula is C17H15F3N2O2. The molecule has 1 saturated carbocycles. The average molecular weight is 336 g/mol. The molecule has 4 rings (SSSR count). The van der Waals surface area contributed by atoms with Crippen molar-refractivity contribution in [2.24, 2.45) is 0 Å². The SMILES string of the molecule is O=c1[nH]cc(Nc2cccc(OC(F)(F)F)c2)c2c1C1CCC2C1. The van der Waals surface area contributed by atoms with E-state index < -0.39 is 6.36 Å². The minimum Gasteiger partial charge on any atom is -0.406 e. The fourth-order valence-corrected chi connectivity index (χ4v) is 3.94. The third-order valence-corrected chi connectivity index (χ3v) is 4.77. The van der Waals surface area contributed by atoms with Gasteiger partial charge < -0.3 is 15.0 Å². The maximum atomic E-state index is 12.3. The number of pyridine rings is 1. The Hall–Kier alpha value is -2.44. The van der Waals surface area contributed by atoms with Crippen LogP contribution in [0.4, 0.5) is 24.5 Å². The predicted molar refractivity (Wildman–Crippen MR) is 82.8 cm³/mol. The zero-order chi connectivity index (χ0) is 16.9. The van der Waals surface area contributed by atoms with Gasteiger partial charge in [-0.15, -0.1) is 13.2 Å². The van der Waals surface area contributed by atoms with Crippen molar-refractivity contribution in [1.82, 2.24) is 4.98 Å². The van der Waals surface area contributed by atoms with Gasteiger partial charge in [-0.1, -0.05) is 6.07 Å². The summed E-state index contributed by atoms with van der Waals surface area (Å²) in [6.45, 7) is 0. The number of halogens is 3. The first-order chi connectivity index (χ1) is 11.4. The monoisotopic (exact) mass is 336 g/mol. The van der Waals surface area contributed by atoms with Crippen LogP contribution in [0.15, 0.2) is 35.3 Å². The van der Waals surface area contributed by atoms with Gasteiger partial charge in [-0.05, 0) is 48.8 Å². The van der Waals surface area contributed by atoms with Crippen LogP contribution in [-0.4, -0.2) is 11.3 Å². The third-order valence-electron chi connectivity index (χ3n) is 4.77. The van der Waals surface area contributed by atoms with E-state index in [9.17, 15) is 18.0 Å². The summed E-state index contributed by atoms with van der Waals surface area (Å²) in [4.78, 5) is 14.8. The zero-order valence-corrected chi connectivity index (χ0v) is 12.6. The molecule has 2 aromatic rings. The second kappa shape index (κ2) is 5.29. The quantitative estimate of drug-likeness (QED) is 0.874. The first-order valence-electron chi connectivity index (χ1n) is 7.79. The number of hydrogen-bond donors (Lipinski definition) is 2. The first kappa shape index (κ1) is 15.1. The van der Waals surface area contributed by atoms with E-state index in [0.717, 1.165) is 36.1 Å². The van der Waals surface area contributed by atoms with Crippen LogP contribution in [0.2, 0.25) is 0 Å². The van der Waals surface area contributed by atoms with Crippen molar-refractivity contribution >= 4 is 11.4 Å². The van der Waals surface area contributed by atoms with E-state index in [0.29, 0.717) is 17.5 Å². The molecule has 126 valence electrons. The zero-order valence-electron chi connectivity index (χ0n) is 12.6. The Balaban J connectivity index is 1.66. The van der Waals surface area contributed by atoms with Crippen molar-refractivity contribution in [2.75, 3.05) is 5.32 Å². The summed E-state index contributed by atoms with van der Waals surface area (Å²) in [6.07, 6.45) is -0.0728. The molecule has 7 heteroatoms. The number of ether oxygens (including phenoxy) is 1. The second-order valence-electron chi connectivity index (χ2n) is 6.27. The van der Waals surface area contributed by atoms with E-state index >= 15 is 0 Å². The highest BCUT2D eigenvalue weighted by Gasteiger charge is 2.40. The van der Waals surface area contributed by atoms with Crippen LogP contribution in [0.5, 0.6) is 5.75 Å². The van der Waals surface area contributed by atoms with Gasteiger partial charge in [0.1, 0.15) is 5.75 Å². The number of alkyl halides is 3. The van der Waals surface area contributed by atoms with Crippen LogP contribution in [0.25, 0.3) is 0 Å². The molecule has 4 nitrogen and oxygen atoms in total. The summed E-state index contributed by atoms with van der Waals surface area (Å²) in [5, 5.41) is 3.13. The largest absolute Gasteiger partial charge is 0.573 e. The molecule has 2 unspecified atom stereocenters. The number of aromatic nitrogens is 1. The summed E-state index contributed by atoms with van der Waals surface area (Å²) < 4.78 is 41.0. The fourth-order valence-electron chi connectivity index (χ4n) is 3.94. The smallest absolute Gasteiger partial charge is 0.406 e. The molecular weight excluding hydrogens is 321 g/mol. The normalized spacial score (nSPS) is 21.6. The first-order valence-corrected chi connectivity index (χ1v) is 7.79. The van der Waals surface area contributed by atoms with Gasteiger partial charge in [-0.3, -0.25) is 4.79 Å². The van der Waals surface area contributed by atoms with Crippen LogP contribution in [-0.2, 0) is 0 Å². The second-order valence-corrected chi connectivity index (χ2v) is 6.27.